The van der Waals surface area contributed by atoms with Crippen LogP contribution < -0.4 is 0 Å². The molecule has 2 N–H and O–H groups in total. The Kier molecular flexibility index (Phi) is 7.84. The van der Waals surface area contributed by atoms with E-state index in [1.807, 2.05) is 0 Å². The van der Waals surface area contributed by atoms with Crippen LogP contribution in [-0.4, -0.2) is 22.4 Å². The third kappa shape index (κ3) is 5.68. The third-order valence-corrected chi connectivity index (χ3v) is 8.73. The molecule has 0 aliphatic heterocycles. The Morgan fingerprint density at radius 1 is 1.10 bits per heavy atom. The monoisotopic (exact) mass is 436 g/mol. The molecule has 0 amide bonds. The fourth-order valence-corrected chi connectivity index (χ4v) is 6.72. The van der Waals surface area contributed by atoms with Crippen molar-refractivity contribution < 1.29 is 19.0 Å². The Hall–Kier alpha value is -1.00. The molecule has 4 heteroatoms. The predicted octanol–water partition coefficient (Wildman–Crippen LogP) is 7.18. The molecule has 0 spiro atoms. The van der Waals surface area contributed by atoms with E-state index in [0.717, 1.165) is 30.4 Å². The van der Waals surface area contributed by atoms with Crippen LogP contribution in [0.5, 0.6) is 0 Å². The maximum atomic E-state index is 12.8. The zero-order valence-corrected chi connectivity index (χ0v) is 19.7. The Morgan fingerprint density at radius 3 is 2.55 bits per heavy atom. The van der Waals surface area contributed by atoms with Crippen LogP contribution in [0, 0.1) is 29.1 Å². The summed E-state index contributed by atoms with van der Waals surface area (Å²) in [4.78, 5) is 0. The van der Waals surface area contributed by atoms with Gasteiger partial charge in [0.05, 0.1) is 0 Å². The molecule has 3 rings (SSSR count). The van der Waals surface area contributed by atoms with Crippen LogP contribution >= 0.6 is 0 Å². The lowest BCUT2D eigenvalue weighted by Crippen LogP contribution is -2.36. The van der Waals surface area contributed by atoms with Gasteiger partial charge in [0, 0.05) is 18.8 Å². The van der Waals surface area contributed by atoms with E-state index in [1.165, 1.54) is 31.3 Å². The molecule has 0 heterocycles. The normalized spacial score (nSPS) is 35.5. The first-order valence-corrected chi connectivity index (χ1v) is 12.3. The van der Waals surface area contributed by atoms with Gasteiger partial charge in [0.15, 0.2) is 5.79 Å². The van der Waals surface area contributed by atoms with E-state index in [1.54, 1.807) is 6.92 Å². The van der Waals surface area contributed by atoms with E-state index in [9.17, 15) is 19.0 Å². The van der Waals surface area contributed by atoms with E-state index >= 15 is 0 Å². The van der Waals surface area contributed by atoms with Gasteiger partial charge in [-0.1, -0.05) is 63.5 Å². The Morgan fingerprint density at radius 2 is 1.84 bits per heavy atom. The predicted molar refractivity (Wildman–Crippen MR) is 123 cm³/mol. The average Bonchev–Trinajstić information content (AvgIpc) is 3.06. The van der Waals surface area contributed by atoms with E-state index in [-0.39, 0.29) is 11.8 Å². The molecule has 0 radical (unpaired) electrons. The molecule has 3 aliphatic carbocycles. The number of allylic oxidation sites excluding steroid dienone is 4. The highest BCUT2D eigenvalue weighted by atomic mass is 19.3. The van der Waals surface area contributed by atoms with Crippen molar-refractivity contribution in [2.75, 3.05) is 0 Å². The second kappa shape index (κ2) is 9.87. The molecule has 0 saturated heterocycles. The standard InChI is InChI=1S/C27H42F2O2/c1-18-14-16-27(30,31)17-22(18)11-10-21-9-6-15-26(4)23(12-13-24(21)26)19(2)7-5-8-20(3)25(28)29/h10-11,19-20,23-25,30-31H,1,5-9,12-17H2,2-4H3/b21-10+,22-11-/t19-,20?,23-,24+,26-/m1/s1. The van der Waals surface area contributed by atoms with E-state index in [2.05, 4.69) is 32.6 Å². The summed E-state index contributed by atoms with van der Waals surface area (Å²) in [6.45, 7) is 10.6. The van der Waals surface area contributed by atoms with Crippen LogP contribution in [0.3, 0.4) is 0 Å². The molecule has 5 atom stereocenters. The third-order valence-electron chi connectivity index (χ3n) is 8.73. The maximum absolute atomic E-state index is 12.8. The number of fused-ring (bicyclic) bond motifs is 1. The van der Waals surface area contributed by atoms with Crippen molar-refractivity contribution >= 4 is 0 Å². The second-order valence-electron chi connectivity index (χ2n) is 11.0. The lowest BCUT2D eigenvalue weighted by molar-refractivity contribution is -0.166. The van der Waals surface area contributed by atoms with E-state index < -0.39 is 18.1 Å². The first kappa shape index (κ1) is 24.6. The smallest absolute Gasteiger partial charge is 0.241 e. The Labute approximate surface area is 187 Å². The molecular formula is C27H42F2O2. The maximum Gasteiger partial charge on any atom is 0.241 e. The van der Waals surface area contributed by atoms with Gasteiger partial charge in [-0.05, 0) is 73.7 Å². The largest absolute Gasteiger partial charge is 0.365 e. The molecule has 3 fully saturated rings. The van der Waals surface area contributed by atoms with Gasteiger partial charge in [0.2, 0.25) is 6.43 Å². The lowest BCUT2D eigenvalue weighted by Gasteiger charge is -2.44. The van der Waals surface area contributed by atoms with Crippen molar-refractivity contribution in [1.29, 1.82) is 0 Å². The van der Waals surface area contributed by atoms with Crippen molar-refractivity contribution in [3.63, 3.8) is 0 Å². The van der Waals surface area contributed by atoms with Crippen molar-refractivity contribution in [2.24, 2.45) is 29.1 Å². The second-order valence-corrected chi connectivity index (χ2v) is 11.0. The molecule has 176 valence electrons. The number of hydrogen-bond acceptors (Lipinski definition) is 2. The number of hydrogen-bond donors (Lipinski definition) is 2. The Bertz CT molecular complexity index is 708. The van der Waals surface area contributed by atoms with Crippen molar-refractivity contribution in [2.45, 2.75) is 104 Å². The van der Waals surface area contributed by atoms with Crippen LogP contribution in [0.15, 0.2) is 35.5 Å². The van der Waals surface area contributed by atoms with Crippen molar-refractivity contribution in [3.05, 3.63) is 35.5 Å². The van der Waals surface area contributed by atoms with Gasteiger partial charge < -0.3 is 10.2 Å². The molecule has 31 heavy (non-hydrogen) atoms. The van der Waals surface area contributed by atoms with E-state index in [4.69, 9.17) is 0 Å². The first-order valence-electron chi connectivity index (χ1n) is 12.3. The molecular weight excluding hydrogens is 394 g/mol. The van der Waals surface area contributed by atoms with Gasteiger partial charge in [0.1, 0.15) is 0 Å². The SMILES string of the molecule is C=C1CCC(O)(O)C/C1=C/C=C1\CCC[C@]2(C)[C@@H]([C@H](C)CCCC(C)C(F)F)CC[C@@H]12. The summed E-state index contributed by atoms with van der Waals surface area (Å²) in [7, 11) is 0. The minimum Gasteiger partial charge on any atom is -0.365 e. The van der Waals surface area contributed by atoms with Gasteiger partial charge in [-0.2, -0.15) is 0 Å². The van der Waals surface area contributed by atoms with Crippen LogP contribution in [0.4, 0.5) is 8.78 Å². The fraction of sp³-hybridized carbons (Fsp3) is 0.778. The summed E-state index contributed by atoms with van der Waals surface area (Å²) in [5.74, 6) is -0.302. The number of aliphatic hydroxyl groups is 2. The lowest BCUT2D eigenvalue weighted by atomic mass is 9.60. The fourth-order valence-electron chi connectivity index (χ4n) is 6.72. The molecule has 0 aromatic carbocycles. The van der Waals surface area contributed by atoms with Gasteiger partial charge in [0.25, 0.3) is 0 Å². The first-order chi connectivity index (χ1) is 14.5. The van der Waals surface area contributed by atoms with Crippen molar-refractivity contribution in [1.82, 2.24) is 0 Å². The van der Waals surface area contributed by atoms with Gasteiger partial charge in [-0.15, -0.1) is 0 Å². The van der Waals surface area contributed by atoms with Crippen LogP contribution in [0.25, 0.3) is 0 Å². The molecule has 3 saturated carbocycles. The van der Waals surface area contributed by atoms with Gasteiger partial charge in [-0.25, -0.2) is 8.78 Å². The van der Waals surface area contributed by atoms with Gasteiger partial charge >= 0.3 is 0 Å². The topological polar surface area (TPSA) is 40.5 Å². The zero-order chi connectivity index (χ0) is 22.8. The molecule has 2 nitrogen and oxygen atoms in total. The summed E-state index contributed by atoms with van der Waals surface area (Å²) in [6.07, 6.45) is 11.9. The van der Waals surface area contributed by atoms with Crippen molar-refractivity contribution in [3.8, 4) is 0 Å². The average molecular weight is 437 g/mol. The van der Waals surface area contributed by atoms with Crippen LogP contribution in [0.2, 0.25) is 0 Å². The Balaban J connectivity index is 1.67. The van der Waals surface area contributed by atoms with Gasteiger partial charge in [-0.3, -0.25) is 0 Å². The number of halogens is 2. The summed E-state index contributed by atoms with van der Waals surface area (Å²) in [5, 5.41) is 20.1. The minimum absolute atomic E-state index is 0.258. The number of alkyl halides is 2. The zero-order valence-electron chi connectivity index (χ0n) is 19.7. The van der Waals surface area contributed by atoms with E-state index in [0.29, 0.717) is 37.0 Å². The molecule has 0 aromatic rings. The molecule has 0 aromatic heterocycles. The summed E-state index contributed by atoms with van der Waals surface area (Å²) < 4.78 is 25.6. The number of rotatable bonds is 7. The summed E-state index contributed by atoms with van der Waals surface area (Å²) in [5.41, 5.74) is 3.77. The van der Waals surface area contributed by atoms with Crippen LogP contribution in [0.1, 0.15) is 91.4 Å². The highest BCUT2D eigenvalue weighted by Crippen LogP contribution is 2.60. The summed E-state index contributed by atoms with van der Waals surface area (Å²) in [6, 6.07) is 0. The summed E-state index contributed by atoms with van der Waals surface area (Å²) >= 11 is 0. The highest BCUT2D eigenvalue weighted by Gasteiger charge is 2.50. The molecule has 3 aliphatic rings. The van der Waals surface area contributed by atoms with Crippen LogP contribution in [-0.2, 0) is 0 Å². The highest BCUT2D eigenvalue weighted by molar-refractivity contribution is 5.36. The molecule has 0 bridgehead atoms. The molecule has 1 unspecified atom stereocenters. The minimum atomic E-state index is -2.20. The quantitative estimate of drug-likeness (QED) is 0.415.